The summed E-state index contributed by atoms with van der Waals surface area (Å²) in [7, 11) is 0. The van der Waals surface area contributed by atoms with E-state index in [1.165, 1.54) is 18.5 Å². The minimum atomic E-state index is 0.764. The highest BCUT2D eigenvalue weighted by Gasteiger charge is 2.24. The van der Waals surface area contributed by atoms with Crippen molar-refractivity contribution < 1.29 is 0 Å². The quantitative estimate of drug-likeness (QED) is 0.570. The van der Waals surface area contributed by atoms with E-state index in [4.69, 9.17) is 0 Å². The van der Waals surface area contributed by atoms with Gasteiger partial charge in [-0.15, -0.1) is 0 Å². The Kier molecular flexibility index (Phi) is 1.23. The first-order valence-corrected chi connectivity index (χ1v) is 3.64. The third-order valence-electron chi connectivity index (χ3n) is 1.84. The lowest BCUT2D eigenvalue weighted by molar-refractivity contribution is 1.02. The molecule has 1 nitrogen and oxygen atoms in total. The molecular weight excluding hydrogens is 122 g/mol. The summed E-state index contributed by atoms with van der Waals surface area (Å²) in [5, 5.41) is 0. The molecular formula is C9H10N. The highest BCUT2D eigenvalue weighted by Crippen LogP contribution is 2.38. The van der Waals surface area contributed by atoms with Crippen molar-refractivity contribution in [2.75, 3.05) is 0 Å². The topological polar surface area (TPSA) is 12.9 Å². The Morgan fingerprint density at radius 1 is 1.40 bits per heavy atom. The molecule has 51 valence electrons. The van der Waals surface area contributed by atoms with E-state index in [9.17, 15) is 0 Å². The molecule has 1 heteroatoms. The fraction of sp³-hybridized carbons (Fsp3) is 0.333. The molecule has 0 saturated heterocycles. The summed E-state index contributed by atoms with van der Waals surface area (Å²) in [4.78, 5) is 4.28. The molecule has 0 unspecified atom stereocenters. The van der Waals surface area contributed by atoms with Crippen molar-refractivity contribution >= 4 is 0 Å². The summed E-state index contributed by atoms with van der Waals surface area (Å²) in [5.74, 6) is 0.764. The minimum absolute atomic E-state index is 0.764. The van der Waals surface area contributed by atoms with Crippen LogP contribution in [0.4, 0.5) is 0 Å². The Hall–Kier alpha value is -0.850. The van der Waals surface area contributed by atoms with Crippen LogP contribution in [0.25, 0.3) is 0 Å². The van der Waals surface area contributed by atoms with Gasteiger partial charge in [0.25, 0.3) is 0 Å². The van der Waals surface area contributed by atoms with Gasteiger partial charge in [0.15, 0.2) is 0 Å². The van der Waals surface area contributed by atoms with Crippen molar-refractivity contribution in [3.8, 4) is 0 Å². The molecule has 2 rings (SSSR count). The van der Waals surface area contributed by atoms with Gasteiger partial charge in [0.1, 0.15) is 0 Å². The van der Waals surface area contributed by atoms with Crippen molar-refractivity contribution in [3.05, 3.63) is 36.5 Å². The molecule has 1 aromatic heterocycles. The summed E-state index contributed by atoms with van der Waals surface area (Å²) in [6, 6.07) is 4.11. The first-order chi connectivity index (χ1) is 4.86. The second-order valence-electron chi connectivity index (χ2n) is 2.87. The second kappa shape index (κ2) is 2.08. The molecule has 1 radical (unpaired) electrons. The Morgan fingerprint density at radius 2 is 2.20 bits per heavy atom. The van der Waals surface area contributed by atoms with E-state index in [0.717, 1.165) is 11.5 Å². The minimum Gasteiger partial charge on any atom is -0.261 e. The second-order valence-corrected chi connectivity index (χ2v) is 2.87. The van der Waals surface area contributed by atoms with E-state index >= 15 is 0 Å². The molecule has 0 aromatic carbocycles. The van der Waals surface area contributed by atoms with E-state index < -0.39 is 0 Å². The summed E-state index contributed by atoms with van der Waals surface area (Å²) >= 11 is 0. The van der Waals surface area contributed by atoms with Crippen LogP contribution in [-0.4, -0.2) is 4.98 Å². The molecule has 1 aromatic rings. The van der Waals surface area contributed by atoms with Crippen LogP contribution in [0.1, 0.15) is 30.0 Å². The number of hydrogen-bond donors (Lipinski definition) is 0. The summed E-state index contributed by atoms with van der Waals surface area (Å²) in [5.41, 5.74) is 2.25. The van der Waals surface area contributed by atoms with Crippen molar-refractivity contribution in [1.29, 1.82) is 0 Å². The van der Waals surface area contributed by atoms with Crippen LogP contribution >= 0.6 is 0 Å². The predicted octanol–water partition coefficient (Wildman–Crippen LogP) is 2.14. The lowest BCUT2D eigenvalue weighted by Crippen LogP contribution is -1.84. The molecule has 10 heavy (non-hydrogen) atoms. The fourth-order valence-electron chi connectivity index (χ4n) is 1.06. The number of rotatable bonds is 1. The van der Waals surface area contributed by atoms with Gasteiger partial charge in [-0.2, -0.15) is 0 Å². The van der Waals surface area contributed by atoms with Crippen LogP contribution in [0.5, 0.6) is 0 Å². The third-order valence-corrected chi connectivity index (χ3v) is 1.84. The van der Waals surface area contributed by atoms with E-state index in [2.05, 4.69) is 18.0 Å². The van der Waals surface area contributed by atoms with Crippen LogP contribution in [0, 0.1) is 6.92 Å². The van der Waals surface area contributed by atoms with Crippen LogP contribution in [-0.2, 0) is 0 Å². The first-order valence-electron chi connectivity index (χ1n) is 3.64. The van der Waals surface area contributed by atoms with Gasteiger partial charge in [-0.1, -0.05) is 6.07 Å². The highest BCUT2D eigenvalue weighted by atomic mass is 14.7. The van der Waals surface area contributed by atoms with Gasteiger partial charge >= 0.3 is 0 Å². The van der Waals surface area contributed by atoms with Gasteiger partial charge in [0.2, 0.25) is 0 Å². The monoisotopic (exact) mass is 132 g/mol. The van der Waals surface area contributed by atoms with E-state index in [1.807, 2.05) is 12.3 Å². The zero-order valence-electron chi connectivity index (χ0n) is 5.88. The maximum atomic E-state index is 4.28. The molecule has 1 heterocycles. The van der Waals surface area contributed by atoms with Gasteiger partial charge in [-0.05, 0) is 31.4 Å². The van der Waals surface area contributed by atoms with Gasteiger partial charge < -0.3 is 0 Å². The molecule has 0 spiro atoms. The Balaban J connectivity index is 2.28. The Bertz CT molecular complexity index is 221. The summed E-state index contributed by atoms with van der Waals surface area (Å²) < 4.78 is 0. The van der Waals surface area contributed by atoms with Crippen LogP contribution in [0.15, 0.2) is 18.3 Å². The molecule has 1 fully saturated rings. The maximum absolute atomic E-state index is 4.28. The van der Waals surface area contributed by atoms with Crippen LogP contribution < -0.4 is 0 Å². The van der Waals surface area contributed by atoms with Crippen molar-refractivity contribution in [3.63, 3.8) is 0 Å². The fourth-order valence-corrected chi connectivity index (χ4v) is 1.06. The SMILES string of the molecule is [CH2]c1ccc(C2CC2)nc1. The van der Waals surface area contributed by atoms with Crippen LogP contribution in [0.3, 0.4) is 0 Å². The molecule has 1 saturated carbocycles. The summed E-state index contributed by atoms with van der Waals surface area (Å²) in [6.07, 6.45) is 4.49. The molecule has 1 aliphatic carbocycles. The Labute approximate surface area is 61.1 Å². The molecule has 0 aliphatic heterocycles. The average molecular weight is 132 g/mol. The van der Waals surface area contributed by atoms with Gasteiger partial charge in [0, 0.05) is 17.8 Å². The van der Waals surface area contributed by atoms with Crippen molar-refractivity contribution in [2.45, 2.75) is 18.8 Å². The van der Waals surface area contributed by atoms with Gasteiger partial charge in [-0.3, -0.25) is 4.98 Å². The third kappa shape index (κ3) is 1.04. The number of pyridine rings is 1. The van der Waals surface area contributed by atoms with Gasteiger partial charge in [0.05, 0.1) is 0 Å². The van der Waals surface area contributed by atoms with Crippen molar-refractivity contribution in [2.24, 2.45) is 0 Å². The molecule has 0 bridgehead atoms. The van der Waals surface area contributed by atoms with Crippen molar-refractivity contribution in [1.82, 2.24) is 4.98 Å². The standard InChI is InChI=1S/C9H10N/c1-7-2-5-9(10-6-7)8-3-4-8/h2,5-6,8H,1,3-4H2. The number of aromatic nitrogens is 1. The molecule has 1 aliphatic rings. The zero-order valence-corrected chi connectivity index (χ0v) is 5.88. The molecule has 0 atom stereocenters. The predicted molar refractivity (Wildman–Crippen MR) is 40.7 cm³/mol. The van der Waals surface area contributed by atoms with E-state index in [1.54, 1.807) is 0 Å². The highest BCUT2D eigenvalue weighted by molar-refractivity contribution is 5.21. The average Bonchev–Trinajstić information content (AvgIpc) is 2.71. The van der Waals surface area contributed by atoms with E-state index in [-0.39, 0.29) is 0 Å². The smallest absolute Gasteiger partial charge is 0.0434 e. The van der Waals surface area contributed by atoms with Crippen LogP contribution in [0.2, 0.25) is 0 Å². The molecule has 0 amide bonds. The lowest BCUT2D eigenvalue weighted by Gasteiger charge is -1.95. The largest absolute Gasteiger partial charge is 0.261 e. The first kappa shape index (κ1) is 5.90. The number of nitrogens with zero attached hydrogens (tertiary/aromatic N) is 1. The summed E-state index contributed by atoms with van der Waals surface area (Å²) in [6.45, 7) is 3.78. The molecule has 0 N–H and O–H groups in total. The maximum Gasteiger partial charge on any atom is 0.0434 e. The van der Waals surface area contributed by atoms with E-state index in [0.29, 0.717) is 0 Å². The number of hydrogen-bond acceptors (Lipinski definition) is 1. The Morgan fingerprint density at radius 3 is 2.70 bits per heavy atom. The van der Waals surface area contributed by atoms with Gasteiger partial charge in [-0.25, -0.2) is 0 Å². The lowest BCUT2D eigenvalue weighted by atomic mass is 10.2. The zero-order chi connectivity index (χ0) is 6.97. The normalized spacial score (nSPS) is 17.3.